The van der Waals surface area contributed by atoms with Crippen LogP contribution in [-0.2, 0) is 10.9 Å². The number of hydrogen-bond donors (Lipinski definition) is 1. The van der Waals surface area contributed by atoms with Crippen molar-refractivity contribution in [3.05, 3.63) is 22.1 Å². The second-order valence-corrected chi connectivity index (χ2v) is 4.51. The molecular formula is C11H7BrF3NO4. The molecule has 0 bridgehead atoms. The van der Waals surface area contributed by atoms with Crippen LogP contribution in [0.2, 0.25) is 0 Å². The lowest BCUT2D eigenvalue weighted by Gasteiger charge is -2.06. The van der Waals surface area contributed by atoms with E-state index in [4.69, 9.17) is 4.42 Å². The number of rotatable bonds is 2. The number of aromatic hydroxyl groups is 1. The molecule has 0 atom stereocenters. The maximum absolute atomic E-state index is 12.8. The molecule has 2 aromatic heterocycles. The smallest absolute Gasteiger partial charge is 0.434 e. The first-order chi connectivity index (χ1) is 9.27. The quantitative estimate of drug-likeness (QED) is 0.836. The van der Waals surface area contributed by atoms with Gasteiger partial charge >= 0.3 is 12.1 Å². The summed E-state index contributed by atoms with van der Waals surface area (Å²) in [6, 6.07) is 0. The van der Waals surface area contributed by atoms with Crippen LogP contribution in [0.5, 0.6) is 5.75 Å². The first kappa shape index (κ1) is 14.6. The van der Waals surface area contributed by atoms with Crippen molar-refractivity contribution in [3.63, 3.8) is 0 Å². The Hall–Kier alpha value is -1.77. The van der Waals surface area contributed by atoms with E-state index in [9.17, 15) is 23.1 Å². The number of ether oxygens (including phenoxy) is 1. The van der Waals surface area contributed by atoms with Gasteiger partial charge in [0.25, 0.3) is 5.76 Å². The van der Waals surface area contributed by atoms with Crippen molar-refractivity contribution in [2.24, 2.45) is 0 Å². The zero-order chi connectivity index (χ0) is 15.1. The molecule has 0 unspecified atom stereocenters. The van der Waals surface area contributed by atoms with Gasteiger partial charge in [0.2, 0.25) is 0 Å². The summed E-state index contributed by atoms with van der Waals surface area (Å²) in [4.78, 5) is 14.7. The second-order valence-electron chi connectivity index (χ2n) is 3.66. The lowest BCUT2D eigenvalue weighted by molar-refractivity contribution is -0.139. The molecule has 0 saturated heterocycles. The Morgan fingerprint density at radius 3 is 2.75 bits per heavy atom. The van der Waals surface area contributed by atoms with Crippen LogP contribution in [0, 0.1) is 0 Å². The van der Waals surface area contributed by atoms with Crippen molar-refractivity contribution >= 4 is 32.9 Å². The van der Waals surface area contributed by atoms with E-state index in [-0.39, 0.29) is 16.7 Å². The molecule has 0 aliphatic carbocycles. The highest BCUT2D eigenvalue weighted by atomic mass is 79.9. The Morgan fingerprint density at radius 2 is 2.20 bits per heavy atom. The highest BCUT2D eigenvalue weighted by Gasteiger charge is 2.39. The van der Waals surface area contributed by atoms with Crippen LogP contribution >= 0.6 is 15.9 Å². The molecule has 0 aliphatic heterocycles. The number of carbonyl (C=O) groups is 1. The van der Waals surface area contributed by atoms with E-state index in [2.05, 4.69) is 25.7 Å². The zero-order valence-electron chi connectivity index (χ0n) is 9.92. The van der Waals surface area contributed by atoms with E-state index in [1.54, 1.807) is 0 Å². The number of halogens is 4. The summed E-state index contributed by atoms with van der Waals surface area (Å²) in [5.74, 6) is -2.69. The molecule has 0 amide bonds. The lowest BCUT2D eigenvalue weighted by Crippen LogP contribution is -2.08. The van der Waals surface area contributed by atoms with Crippen molar-refractivity contribution in [3.8, 4) is 5.75 Å². The Morgan fingerprint density at radius 1 is 1.55 bits per heavy atom. The first-order valence-corrected chi connectivity index (χ1v) is 6.11. The Labute approximate surface area is 118 Å². The Balaban J connectivity index is 2.76. The van der Waals surface area contributed by atoms with Gasteiger partial charge in [0, 0.05) is 6.20 Å². The van der Waals surface area contributed by atoms with Gasteiger partial charge in [-0.25, -0.2) is 9.78 Å². The Bertz CT molecular complexity index is 680. The second kappa shape index (κ2) is 4.97. The maximum Gasteiger partial charge on any atom is 0.434 e. The third-order valence-corrected chi connectivity index (χ3v) is 2.94. The number of fused-ring (bicyclic) bond motifs is 1. The number of carbonyl (C=O) groups excluding carboxylic acids is 1. The first-order valence-electron chi connectivity index (χ1n) is 5.31. The molecule has 2 heterocycles. The summed E-state index contributed by atoms with van der Waals surface area (Å²) in [5.41, 5.74) is -1.67. The van der Waals surface area contributed by atoms with Crippen LogP contribution in [0.15, 0.2) is 15.1 Å². The van der Waals surface area contributed by atoms with Gasteiger partial charge in [0.05, 0.1) is 16.5 Å². The number of aromatic nitrogens is 1. The summed E-state index contributed by atoms with van der Waals surface area (Å²) < 4.78 is 48.2. The minimum atomic E-state index is -4.80. The van der Waals surface area contributed by atoms with Crippen LogP contribution in [0.4, 0.5) is 13.2 Å². The fourth-order valence-electron chi connectivity index (χ4n) is 1.60. The van der Waals surface area contributed by atoms with Crippen LogP contribution in [0.25, 0.3) is 11.0 Å². The molecule has 0 fully saturated rings. The molecule has 108 valence electrons. The predicted octanol–water partition coefficient (Wildman–Crippen LogP) is 3.49. The summed E-state index contributed by atoms with van der Waals surface area (Å²) in [5, 5.41) is 9.11. The SMILES string of the molecule is CCOC(=O)c1oc2c(Br)cnc(C(F)(F)F)c2c1O. The van der Waals surface area contributed by atoms with Crippen molar-refractivity contribution in [1.29, 1.82) is 0 Å². The number of nitrogens with zero attached hydrogens (tertiary/aromatic N) is 1. The van der Waals surface area contributed by atoms with Crippen molar-refractivity contribution in [2.75, 3.05) is 6.61 Å². The lowest BCUT2D eigenvalue weighted by atomic mass is 10.2. The van der Waals surface area contributed by atoms with E-state index in [1.807, 2.05) is 0 Å². The van der Waals surface area contributed by atoms with E-state index in [1.165, 1.54) is 6.92 Å². The number of hydrogen-bond acceptors (Lipinski definition) is 5. The van der Waals surface area contributed by atoms with Crippen molar-refractivity contribution < 1.29 is 32.2 Å². The van der Waals surface area contributed by atoms with Gasteiger partial charge in [0.15, 0.2) is 17.0 Å². The van der Waals surface area contributed by atoms with E-state index in [0.29, 0.717) is 0 Å². The topological polar surface area (TPSA) is 72.6 Å². The molecule has 0 radical (unpaired) electrons. The molecule has 5 nitrogen and oxygen atoms in total. The largest absolute Gasteiger partial charge is 0.503 e. The normalized spacial score (nSPS) is 11.8. The number of esters is 1. The average Bonchev–Trinajstić information content (AvgIpc) is 2.68. The van der Waals surface area contributed by atoms with E-state index < -0.39 is 34.7 Å². The maximum atomic E-state index is 12.8. The van der Waals surface area contributed by atoms with Crippen LogP contribution in [0.1, 0.15) is 23.2 Å². The molecule has 0 aromatic carbocycles. The van der Waals surface area contributed by atoms with Gasteiger partial charge in [-0.2, -0.15) is 13.2 Å². The molecule has 0 saturated carbocycles. The molecule has 20 heavy (non-hydrogen) atoms. The van der Waals surface area contributed by atoms with Gasteiger partial charge in [-0.05, 0) is 22.9 Å². The van der Waals surface area contributed by atoms with E-state index >= 15 is 0 Å². The highest BCUT2D eigenvalue weighted by Crippen LogP contribution is 2.43. The molecule has 9 heteroatoms. The molecule has 0 spiro atoms. The molecule has 1 N–H and O–H groups in total. The summed E-state index contributed by atoms with van der Waals surface area (Å²) in [6.45, 7) is 1.50. The monoisotopic (exact) mass is 353 g/mol. The van der Waals surface area contributed by atoms with Gasteiger partial charge in [0.1, 0.15) is 0 Å². The van der Waals surface area contributed by atoms with Gasteiger partial charge in [-0.3, -0.25) is 0 Å². The van der Waals surface area contributed by atoms with Crippen molar-refractivity contribution in [2.45, 2.75) is 13.1 Å². The van der Waals surface area contributed by atoms with Gasteiger partial charge in [-0.1, -0.05) is 0 Å². The minimum absolute atomic E-state index is 0.0130. The summed E-state index contributed by atoms with van der Waals surface area (Å²) in [7, 11) is 0. The van der Waals surface area contributed by atoms with Crippen molar-refractivity contribution in [1.82, 2.24) is 4.98 Å². The fraction of sp³-hybridized carbons (Fsp3) is 0.273. The third-order valence-electron chi connectivity index (χ3n) is 2.37. The van der Waals surface area contributed by atoms with Crippen LogP contribution in [0.3, 0.4) is 0 Å². The predicted molar refractivity (Wildman–Crippen MR) is 64.3 cm³/mol. The number of furan rings is 1. The molecule has 2 rings (SSSR count). The van der Waals surface area contributed by atoms with Gasteiger partial charge < -0.3 is 14.3 Å². The molecule has 2 aromatic rings. The molecule has 0 aliphatic rings. The average molecular weight is 354 g/mol. The molecular weight excluding hydrogens is 347 g/mol. The van der Waals surface area contributed by atoms with Gasteiger partial charge in [-0.15, -0.1) is 0 Å². The summed E-state index contributed by atoms with van der Waals surface area (Å²) >= 11 is 2.95. The fourth-order valence-corrected chi connectivity index (χ4v) is 1.99. The minimum Gasteiger partial charge on any atom is -0.503 e. The highest BCUT2D eigenvalue weighted by molar-refractivity contribution is 9.10. The van der Waals surface area contributed by atoms with Crippen LogP contribution in [-0.4, -0.2) is 22.7 Å². The standard InChI is InChI=1S/C11H7BrF3NO4/c1-2-19-10(18)8-6(17)5-7(20-8)4(12)3-16-9(5)11(13,14)15/h3,17H,2H2,1H3. The van der Waals surface area contributed by atoms with Crippen LogP contribution < -0.4 is 0 Å². The Kier molecular flexibility index (Phi) is 3.63. The number of pyridine rings is 1. The van der Waals surface area contributed by atoms with E-state index in [0.717, 1.165) is 6.20 Å². The number of alkyl halides is 3. The summed E-state index contributed by atoms with van der Waals surface area (Å²) in [6.07, 6.45) is -3.92. The third kappa shape index (κ3) is 2.33. The zero-order valence-corrected chi connectivity index (χ0v) is 11.5.